The summed E-state index contributed by atoms with van der Waals surface area (Å²) in [5.74, 6) is 0.169. The molecule has 10 heteroatoms. The SMILES string of the molecule is COc1cc(=O)n2c(c1C(=O)NCc1ccco1)CCN(C(=O)c1cc(-c3ccccc3)no1)CC2. The van der Waals surface area contributed by atoms with Crippen LogP contribution in [0.3, 0.4) is 0 Å². The summed E-state index contributed by atoms with van der Waals surface area (Å²) in [4.78, 5) is 40.8. The van der Waals surface area contributed by atoms with Crippen molar-refractivity contribution in [1.82, 2.24) is 19.9 Å². The summed E-state index contributed by atoms with van der Waals surface area (Å²) in [7, 11) is 1.41. The third kappa shape index (κ3) is 4.52. The normalized spacial score (nSPS) is 13.1. The summed E-state index contributed by atoms with van der Waals surface area (Å²) in [6, 6.07) is 15.8. The van der Waals surface area contributed by atoms with Crippen molar-refractivity contribution in [2.24, 2.45) is 0 Å². The van der Waals surface area contributed by atoms with Crippen molar-refractivity contribution in [1.29, 1.82) is 0 Å². The van der Waals surface area contributed by atoms with E-state index in [2.05, 4.69) is 10.5 Å². The number of methoxy groups -OCH3 is 1. The molecule has 1 aliphatic rings. The van der Waals surface area contributed by atoms with Crippen LogP contribution in [-0.4, -0.2) is 46.6 Å². The van der Waals surface area contributed by atoms with Crippen LogP contribution in [0.1, 0.15) is 32.4 Å². The maximum absolute atomic E-state index is 13.2. The van der Waals surface area contributed by atoms with Crippen LogP contribution >= 0.6 is 0 Å². The predicted molar refractivity (Wildman–Crippen MR) is 129 cm³/mol. The number of carbonyl (C=O) groups is 2. The van der Waals surface area contributed by atoms with E-state index in [1.54, 1.807) is 23.1 Å². The molecule has 36 heavy (non-hydrogen) atoms. The number of ether oxygens (including phenoxy) is 1. The minimum Gasteiger partial charge on any atom is -0.496 e. The second-order valence-corrected chi connectivity index (χ2v) is 8.27. The first kappa shape index (κ1) is 23.2. The maximum Gasteiger partial charge on any atom is 0.292 e. The molecule has 0 aliphatic carbocycles. The van der Waals surface area contributed by atoms with Gasteiger partial charge < -0.3 is 28.5 Å². The van der Waals surface area contributed by atoms with E-state index in [4.69, 9.17) is 13.7 Å². The molecule has 1 aromatic carbocycles. The van der Waals surface area contributed by atoms with Gasteiger partial charge in [0.2, 0.25) is 5.76 Å². The van der Waals surface area contributed by atoms with Crippen molar-refractivity contribution in [3.05, 3.63) is 94.0 Å². The number of furan rings is 1. The number of carbonyl (C=O) groups excluding carboxylic acids is 2. The van der Waals surface area contributed by atoms with Crippen LogP contribution in [0.4, 0.5) is 0 Å². The molecule has 1 aliphatic heterocycles. The van der Waals surface area contributed by atoms with Crippen LogP contribution in [0.25, 0.3) is 11.3 Å². The smallest absolute Gasteiger partial charge is 0.292 e. The predicted octanol–water partition coefficient (Wildman–Crippen LogP) is 2.73. The van der Waals surface area contributed by atoms with Crippen molar-refractivity contribution in [2.45, 2.75) is 19.5 Å². The number of nitrogens with zero attached hydrogens (tertiary/aromatic N) is 3. The van der Waals surface area contributed by atoms with Gasteiger partial charge in [-0.25, -0.2) is 0 Å². The van der Waals surface area contributed by atoms with Crippen molar-refractivity contribution in [3.63, 3.8) is 0 Å². The Hall–Kier alpha value is -4.60. The molecule has 2 amide bonds. The number of pyridine rings is 1. The average Bonchev–Trinajstić information content (AvgIpc) is 3.56. The third-order valence-electron chi connectivity index (χ3n) is 6.12. The molecule has 5 rings (SSSR count). The van der Waals surface area contributed by atoms with E-state index in [9.17, 15) is 14.4 Å². The number of aromatic nitrogens is 2. The van der Waals surface area contributed by atoms with Gasteiger partial charge in [0.05, 0.1) is 19.9 Å². The Morgan fingerprint density at radius 2 is 1.92 bits per heavy atom. The minimum atomic E-state index is -0.394. The fourth-order valence-corrected chi connectivity index (χ4v) is 4.30. The van der Waals surface area contributed by atoms with Gasteiger partial charge in [0.15, 0.2) is 0 Å². The van der Waals surface area contributed by atoms with Gasteiger partial charge in [0.25, 0.3) is 17.4 Å². The first-order valence-corrected chi connectivity index (χ1v) is 11.5. The Kier molecular flexibility index (Phi) is 6.40. The monoisotopic (exact) mass is 488 g/mol. The second-order valence-electron chi connectivity index (χ2n) is 8.27. The molecule has 1 N–H and O–H groups in total. The number of benzene rings is 1. The lowest BCUT2D eigenvalue weighted by Crippen LogP contribution is -2.34. The van der Waals surface area contributed by atoms with Crippen molar-refractivity contribution >= 4 is 11.8 Å². The zero-order chi connectivity index (χ0) is 25.1. The summed E-state index contributed by atoms with van der Waals surface area (Å²) in [5.41, 5.74) is 1.88. The standard InChI is InChI=1S/C26H24N4O6/c1-34-21-15-23(31)30-12-11-29(26(33)22-14-19(28-36-22)17-6-3-2-4-7-17)10-9-20(30)24(21)25(32)27-16-18-8-5-13-35-18/h2-8,13-15H,9-12,16H2,1H3,(H,27,32). The second kappa shape index (κ2) is 9.95. The van der Waals surface area contributed by atoms with Gasteiger partial charge in [-0.05, 0) is 12.1 Å². The molecule has 0 saturated carbocycles. The molecule has 4 heterocycles. The molecule has 10 nitrogen and oxygen atoms in total. The number of fused-ring (bicyclic) bond motifs is 1. The van der Waals surface area contributed by atoms with E-state index in [0.717, 1.165) is 5.56 Å². The highest BCUT2D eigenvalue weighted by atomic mass is 16.5. The van der Waals surface area contributed by atoms with E-state index < -0.39 is 5.91 Å². The first-order chi connectivity index (χ1) is 17.5. The van der Waals surface area contributed by atoms with Crippen LogP contribution in [0.2, 0.25) is 0 Å². The molecule has 0 saturated heterocycles. The molecule has 4 aromatic rings. The fraction of sp³-hybridized carbons (Fsp3) is 0.231. The average molecular weight is 489 g/mol. The van der Waals surface area contributed by atoms with E-state index in [-0.39, 0.29) is 61.1 Å². The summed E-state index contributed by atoms with van der Waals surface area (Å²) >= 11 is 0. The number of hydrogen-bond acceptors (Lipinski definition) is 7. The summed E-state index contributed by atoms with van der Waals surface area (Å²) in [6.45, 7) is 0.966. The fourth-order valence-electron chi connectivity index (χ4n) is 4.30. The molecule has 184 valence electrons. The number of hydrogen-bond donors (Lipinski definition) is 1. The van der Waals surface area contributed by atoms with Crippen LogP contribution in [0, 0.1) is 0 Å². The number of nitrogens with one attached hydrogen (secondary N) is 1. The lowest BCUT2D eigenvalue weighted by atomic mass is 10.1. The van der Waals surface area contributed by atoms with Gasteiger partial charge in [-0.1, -0.05) is 35.5 Å². The molecule has 0 bridgehead atoms. The van der Waals surface area contributed by atoms with Crippen LogP contribution in [0.5, 0.6) is 5.75 Å². The highest BCUT2D eigenvalue weighted by molar-refractivity contribution is 5.98. The van der Waals surface area contributed by atoms with E-state index in [1.165, 1.54) is 24.0 Å². The summed E-state index contributed by atoms with van der Waals surface area (Å²) in [5, 5.41) is 6.84. The van der Waals surface area contributed by atoms with E-state index in [1.807, 2.05) is 30.3 Å². The largest absolute Gasteiger partial charge is 0.496 e. The Bertz CT molecular complexity index is 1440. The van der Waals surface area contributed by atoms with Gasteiger partial charge >= 0.3 is 0 Å². The van der Waals surface area contributed by atoms with Gasteiger partial charge in [-0.2, -0.15) is 0 Å². The Morgan fingerprint density at radius 3 is 2.67 bits per heavy atom. The summed E-state index contributed by atoms with van der Waals surface area (Å²) in [6.07, 6.45) is 1.81. The first-order valence-electron chi connectivity index (χ1n) is 11.5. The van der Waals surface area contributed by atoms with Gasteiger partial charge in [-0.3, -0.25) is 14.4 Å². The number of rotatable bonds is 6. The molecule has 0 unspecified atom stereocenters. The van der Waals surface area contributed by atoms with Gasteiger partial charge in [-0.15, -0.1) is 0 Å². The van der Waals surface area contributed by atoms with Crippen molar-refractivity contribution in [3.8, 4) is 17.0 Å². The lowest BCUT2D eigenvalue weighted by Gasteiger charge is -2.17. The van der Waals surface area contributed by atoms with Crippen molar-refractivity contribution in [2.75, 3.05) is 20.2 Å². The van der Waals surface area contributed by atoms with E-state index >= 15 is 0 Å². The van der Waals surface area contributed by atoms with Crippen molar-refractivity contribution < 1.29 is 23.3 Å². The minimum absolute atomic E-state index is 0.112. The van der Waals surface area contributed by atoms with Crippen LogP contribution in [-0.2, 0) is 19.5 Å². The topological polar surface area (TPSA) is 120 Å². The molecular weight excluding hydrogens is 464 g/mol. The quantitative estimate of drug-likeness (QED) is 0.443. The highest BCUT2D eigenvalue weighted by Crippen LogP contribution is 2.24. The van der Waals surface area contributed by atoms with Gasteiger partial charge in [0, 0.05) is 49.4 Å². The highest BCUT2D eigenvalue weighted by Gasteiger charge is 2.28. The Morgan fingerprint density at radius 1 is 1.08 bits per heavy atom. The Balaban J connectivity index is 1.38. The molecule has 0 radical (unpaired) electrons. The Labute approximate surface area is 206 Å². The van der Waals surface area contributed by atoms with Crippen LogP contribution < -0.4 is 15.6 Å². The lowest BCUT2D eigenvalue weighted by molar-refractivity contribution is 0.0717. The molecule has 0 atom stereocenters. The van der Waals surface area contributed by atoms with E-state index in [0.29, 0.717) is 17.1 Å². The third-order valence-corrected chi connectivity index (χ3v) is 6.12. The molecule has 0 fully saturated rings. The molecule has 3 aromatic heterocycles. The number of amides is 2. The zero-order valence-electron chi connectivity index (χ0n) is 19.6. The molecule has 0 spiro atoms. The summed E-state index contributed by atoms with van der Waals surface area (Å²) < 4.78 is 17.5. The maximum atomic E-state index is 13.2. The molecular formula is C26H24N4O6. The van der Waals surface area contributed by atoms with Crippen LogP contribution in [0.15, 0.2) is 74.6 Å². The van der Waals surface area contributed by atoms with Gasteiger partial charge in [0.1, 0.15) is 22.8 Å². The zero-order valence-corrected chi connectivity index (χ0v) is 19.6.